The van der Waals surface area contributed by atoms with Crippen LogP contribution in [-0.2, 0) is 11.3 Å². The van der Waals surface area contributed by atoms with Crippen molar-refractivity contribution in [3.8, 4) is 0 Å². The number of hydrogen-bond acceptors (Lipinski definition) is 5. The lowest BCUT2D eigenvalue weighted by molar-refractivity contribution is -0.130. The molecule has 0 radical (unpaired) electrons. The Morgan fingerprint density at radius 1 is 1.08 bits per heavy atom. The molecule has 7 nitrogen and oxygen atoms in total. The molecule has 0 spiro atoms. The summed E-state index contributed by atoms with van der Waals surface area (Å²) in [5.74, 6) is 0.437. The van der Waals surface area contributed by atoms with Crippen molar-refractivity contribution in [3.05, 3.63) is 53.3 Å². The first-order valence-electron chi connectivity index (χ1n) is 8.69. The molecule has 2 amide bonds. The van der Waals surface area contributed by atoms with Crippen LogP contribution in [0.1, 0.15) is 28.4 Å². The Balaban J connectivity index is 1.55. The van der Waals surface area contributed by atoms with Gasteiger partial charge in [-0.1, -0.05) is 29.8 Å². The van der Waals surface area contributed by atoms with Crippen LogP contribution in [0.25, 0.3) is 0 Å². The van der Waals surface area contributed by atoms with Gasteiger partial charge in [-0.3, -0.25) is 9.59 Å². The minimum atomic E-state index is -0.0987. The maximum Gasteiger partial charge on any atom is 0.257 e. The molecule has 0 aliphatic carbocycles. The van der Waals surface area contributed by atoms with Gasteiger partial charge in [0.1, 0.15) is 0 Å². The van der Waals surface area contributed by atoms with Crippen molar-refractivity contribution in [2.24, 2.45) is 0 Å². The fourth-order valence-electron chi connectivity index (χ4n) is 2.94. The third kappa shape index (κ3) is 4.36. The number of carbonyl (C=O) groups excluding carboxylic acids is 2. The molecule has 1 aliphatic heterocycles. The summed E-state index contributed by atoms with van der Waals surface area (Å²) < 4.78 is 0. The Bertz CT molecular complexity index is 783. The Hall–Kier alpha value is -2.96. The average Bonchev–Trinajstić information content (AvgIpc) is 2.66. The van der Waals surface area contributed by atoms with Crippen LogP contribution in [0.5, 0.6) is 0 Å². The highest BCUT2D eigenvalue weighted by molar-refractivity contribution is 5.93. The number of aryl methyl sites for hydroxylation is 1. The summed E-state index contributed by atoms with van der Waals surface area (Å²) in [6, 6.07) is 8.21. The van der Waals surface area contributed by atoms with Crippen LogP contribution >= 0.6 is 0 Å². The molecule has 1 N–H and O–H groups in total. The first-order chi connectivity index (χ1) is 12.5. The Morgan fingerprint density at radius 2 is 1.73 bits per heavy atom. The lowest BCUT2D eigenvalue weighted by Gasteiger charge is -2.34. The van der Waals surface area contributed by atoms with Crippen molar-refractivity contribution in [2.75, 3.05) is 31.5 Å². The van der Waals surface area contributed by atoms with Gasteiger partial charge in [-0.05, 0) is 12.5 Å². The van der Waals surface area contributed by atoms with Gasteiger partial charge in [-0.2, -0.15) is 0 Å². The van der Waals surface area contributed by atoms with E-state index in [9.17, 15) is 9.59 Å². The molecule has 0 saturated carbocycles. The quantitative estimate of drug-likeness (QED) is 0.905. The highest BCUT2D eigenvalue weighted by Gasteiger charge is 2.23. The van der Waals surface area contributed by atoms with Crippen LogP contribution in [-0.4, -0.2) is 57.8 Å². The third-order valence-corrected chi connectivity index (χ3v) is 4.44. The van der Waals surface area contributed by atoms with Crippen molar-refractivity contribution in [1.29, 1.82) is 0 Å². The fourth-order valence-corrected chi connectivity index (χ4v) is 2.94. The number of hydrogen-bond donors (Lipinski definition) is 1. The normalized spacial score (nSPS) is 14.2. The number of amides is 2. The van der Waals surface area contributed by atoms with E-state index in [1.54, 1.807) is 29.1 Å². The maximum atomic E-state index is 12.5. The SMILES string of the molecule is CC(=O)N1CCN(C(=O)c2cnc(NCc3cccc(C)c3)nc2)CC1. The van der Waals surface area contributed by atoms with E-state index in [1.807, 2.05) is 12.1 Å². The van der Waals surface area contributed by atoms with Crippen molar-refractivity contribution < 1.29 is 9.59 Å². The van der Waals surface area contributed by atoms with Gasteiger partial charge in [0.05, 0.1) is 5.56 Å². The number of carbonyl (C=O) groups is 2. The number of nitrogens with zero attached hydrogens (tertiary/aromatic N) is 4. The topological polar surface area (TPSA) is 78.4 Å². The van der Waals surface area contributed by atoms with Gasteiger partial charge in [-0.25, -0.2) is 9.97 Å². The first-order valence-corrected chi connectivity index (χ1v) is 8.69. The molecule has 2 heterocycles. The molecular weight excluding hydrogens is 330 g/mol. The zero-order valence-electron chi connectivity index (χ0n) is 15.1. The molecule has 26 heavy (non-hydrogen) atoms. The summed E-state index contributed by atoms with van der Waals surface area (Å²) in [6.07, 6.45) is 3.09. The predicted octanol–water partition coefficient (Wildman–Crippen LogP) is 1.70. The van der Waals surface area contributed by atoms with Crippen molar-refractivity contribution >= 4 is 17.8 Å². The number of nitrogens with one attached hydrogen (secondary N) is 1. The van der Waals surface area contributed by atoms with Crippen molar-refractivity contribution in [3.63, 3.8) is 0 Å². The average molecular weight is 353 g/mol. The van der Waals surface area contributed by atoms with E-state index in [-0.39, 0.29) is 11.8 Å². The van der Waals surface area contributed by atoms with E-state index in [4.69, 9.17) is 0 Å². The standard InChI is InChI=1S/C19H23N5O2/c1-14-4-3-5-16(10-14)11-20-19-21-12-17(13-22-19)18(26)24-8-6-23(7-9-24)15(2)25/h3-5,10,12-13H,6-9,11H2,1-2H3,(H,20,21,22). The minimum absolute atomic E-state index is 0.0458. The zero-order valence-corrected chi connectivity index (χ0v) is 15.1. The molecule has 1 aromatic heterocycles. The van der Waals surface area contributed by atoms with E-state index in [1.165, 1.54) is 5.56 Å². The van der Waals surface area contributed by atoms with Gasteiger partial charge >= 0.3 is 0 Å². The van der Waals surface area contributed by atoms with Crippen LogP contribution in [0.3, 0.4) is 0 Å². The zero-order chi connectivity index (χ0) is 18.5. The van der Waals surface area contributed by atoms with E-state index in [0.29, 0.717) is 44.2 Å². The number of rotatable bonds is 4. The second-order valence-electron chi connectivity index (χ2n) is 6.44. The summed E-state index contributed by atoms with van der Waals surface area (Å²) in [4.78, 5) is 35.9. The molecule has 1 aliphatic rings. The number of piperazine rings is 1. The third-order valence-electron chi connectivity index (χ3n) is 4.44. The summed E-state index contributed by atoms with van der Waals surface area (Å²) in [5, 5.41) is 3.16. The Kier molecular flexibility index (Phi) is 5.46. The highest BCUT2D eigenvalue weighted by Crippen LogP contribution is 2.10. The van der Waals surface area contributed by atoms with Gasteiger partial charge in [0.2, 0.25) is 11.9 Å². The van der Waals surface area contributed by atoms with Gasteiger partial charge in [0, 0.05) is 52.0 Å². The fraction of sp³-hybridized carbons (Fsp3) is 0.368. The molecule has 1 fully saturated rings. The van der Waals surface area contributed by atoms with E-state index < -0.39 is 0 Å². The van der Waals surface area contributed by atoms with Gasteiger partial charge in [0.15, 0.2) is 0 Å². The number of anilines is 1. The van der Waals surface area contributed by atoms with E-state index in [2.05, 4.69) is 34.3 Å². The van der Waals surface area contributed by atoms with Crippen LogP contribution in [0.15, 0.2) is 36.7 Å². The lowest BCUT2D eigenvalue weighted by Crippen LogP contribution is -2.50. The maximum absolute atomic E-state index is 12.5. The van der Waals surface area contributed by atoms with Crippen molar-refractivity contribution in [2.45, 2.75) is 20.4 Å². The largest absolute Gasteiger partial charge is 0.350 e. The van der Waals surface area contributed by atoms with Gasteiger partial charge < -0.3 is 15.1 Å². The van der Waals surface area contributed by atoms with Gasteiger partial charge in [0.25, 0.3) is 5.91 Å². The molecule has 1 aromatic carbocycles. The second kappa shape index (κ2) is 7.95. The smallest absolute Gasteiger partial charge is 0.257 e. The molecule has 0 unspecified atom stereocenters. The predicted molar refractivity (Wildman–Crippen MR) is 98.7 cm³/mol. The van der Waals surface area contributed by atoms with Crippen LogP contribution in [0.4, 0.5) is 5.95 Å². The van der Waals surface area contributed by atoms with Crippen molar-refractivity contribution in [1.82, 2.24) is 19.8 Å². The Morgan fingerprint density at radius 3 is 2.35 bits per heavy atom. The highest BCUT2D eigenvalue weighted by atomic mass is 16.2. The molecule has 3 rings (SSSR count). The molecule has 136 valence electrons. The Labute approximate surface area is 153 Å². The van der Waals surface area contributed by atoms with E-state index >= 15 is 0 Å². The number of benzene rings is 1. The molecule has 7 heteroatoms. The minimum Gasteiger partial charge on any atom is -0.350 e. The lowest BCUT2D eigenvalue weighted by atomic mass is 10.1. The summed E-state index contributed by atoms with van der Waals surface area (Å²) in [5.41, 5.74) is 2.82. The van der Waals surface area contributed by atoms with Crippen LogP contribution < -0.4 is 5.32 Å². The summed E-state index contributed by atoms with van der Waals surface area (Å²) in [6.45, 7) is 6.43. The molecule has 0 atom stereocenters. The summed E-state index contributed by atoms with van der Waals surface area (Å²) >= 11 is 0. The second-order valence-corrected chi connectivity index (χ2v) is 6.44. The molecule has 0 bridgehead atoms. The molecule has 1 saturated heterocycles. The van der Waals surface area contributed by atoms with Crippen LogP contribution in [0, 0.1) is 6.92 Å². The van der Waals surface area contributed by atoms with E-state index in [0.717, 1.165) is 5.56 Å². The molecular formula is C19H23N5O2. The van der Waals surface area contributed by atoms with Crippen LogP contribution in [0.2, 0.25) is 0 Å². The number of aromatic nitrogens is 2. The summed E-state index contributed by atoms with van der Waals surface area (Å²) in [7, 11) is 0. The van der Waals surface area contributed by atoms with Gasteiger partial charge in [-0.15, -0.1) is 0 Å². The molecule has 2 aromatic rings. The first kappa shape index (κ1) is 17.8. The monoisotopic (exact) mass is 353 g/mol.